The van der Waals surface area contributed by atoms with Crippen LogP contribution in [0.5, 0.6) is 17.4 Å². The molecule has 116 valence electrons. The molecule has 0 amide bonds. The predicted octanol–water partition coefficient (Wildman–Crippen LogP) is 2.43. The van der Waals surface area contributed by atoms with Crippen molar-refractivity contribution in [2.24, 2.45) is 5.73 Å². The number of allylic oxidation sites excluding steroid dienone is 1. The van der Waals surface area contributed by atoms with E-state index in [1.807, 2.05) is 19.1 Å². The Morgan fingerprint density at radius 1 is 1.39 bits per heavy atom. The minimum atomic E-state index is -0.397. The second kappa shape index (κ2) is 4.93. The van der Waals surface area contributed by atoms with Gasteiger partial charge in [0.05, 0.1) is 5.92 Å². The van der Waals surface area contributed by atoms with Gasteiger partial charge in [0.1, 0.15) is 11.6 Å². The second-order valence-electron chi connectivity index (χ2n) is 5.22. The molecule has 0 aliphatic carbocycles. The van der Waals surface area contributed by atoms with E-state index in [2.05, 4.69) is 32.2 Å². The summed E-state index contributed by atoms with van der Waals surface area (Å²) in [6.45, 7) is 2.05. The third-order valence-corrected chi connectivity index (χ3v) is 4.62. The molecule has 1 aromatic heterocycles. The van der Waals surface area contributed by atoms with Gasteiger partial charge in [0.25, 0.3) is 0 Å². The molecule has 1 aromatic carbocycles. The van der Waals surface area contributed by atoms with E-state index in [0.29, 0.717) is 23.0 Å². The number of hydrogen-bond acceptors (Lipinski definition) is 6. The number of nitrogens with zero attached hydrogens (tertiary/aromatic N) is 2. The third kappa shape index (κ3) is 1.97. The van der Waals surface area contributed by atoms with Gasteiger partial charge in [-0.2, -0.15) is 5.26 Å². The largest absolute Gasteiger partial charge is 0.454 e. The zero-order valence-corrected chi connectivity index (χ0v) is 13.6. The van der Waals surface area contributed by atoms with E-state index < -0.39 is 5.92 Å². The lowest BCUT2D eigenvalue weighted by atomic mass is 9.84. The number of nitriles is 1. The highest BCUT2D eigenvalue weighted by Crippen LogP contribution is 2.47. The first-order chi connectivity index (χ1) is 11.1. The molecule has 3 N–H and O–H groups in total. The molecule has 0 fully saturated rings. The molecule has 2 aliphatic heterocycles. The zero-order valence-electron chi connectivity index (χ0n) is 12.0. The van der Waals surface area contributed by atoms with E-state index in [9.17, 15) is 5.26 Å². The quantitative estimate of drug-likeness (QED) is 0.793. The van der Waals surface area contributed by atoms with Crippen LogP contribution in [0.25, 0.3) is 0 Å². The number of rotatable bonds is 1. The van der Waals surface area contributed by atoms with E-state index in [-0.39, 0.29) is 12.7 Å². The van der Waals surface area contributed by atoms with E-state index in [1.165, 1.54) is 0 Å². The van der Waals surface area contributed by atoms with Crippen molar-refractivity contribution in [3.63, 3.8) is 0 Å². The molecule has 3 heterocycles. The highest BCUT2D eigenvalue weighted by Gasteiger charge is 2.36. The van der Waals surface area contributed by atoms with Gasteiger partial charge in [-0.15, -0.1) is 5.10 Å². The molecule has 0 saturated carbocycles. The normalized spacial score (nSPS) is 18.4. The Morgan fingerprint density at radius 3 is 2.87 bits per heavy atom. The van der Waals surface area contributed by atoms with Crippen LogP contribution in [-0.4, -0.2) is 17.0 Å². The Bertz CT molecular complexity index is 897. The smallest absolute Gasteiger partial charge is 0.244 e. The van der Waals surface area contributed by atoms with Crippen LogP contribution < -0.4 is 19.9 Å². The first-order valence-corrected chi connectivity index (χ1v) is 7.61. The molecule has 1 unspecified atom stereocenters. The number of hydrogen-bond donors (Lipinski definition) is 2. The number of aromatic amines is 1. The molecule has 1 atom stereocenters. The average Bonchev–Trinajstić information content (AvgIpc) is 3.11. The summed E-state index contributed by atoms with van der Waals surface area (Å²) in [5.41, 5.74) is 8.69. The molecule has 0 radical (unpaired) electrons. The van der Waals surface area contributed by atoms with Crippen molar-refractivity contribution < 1.29 is 14.2 Å². The lowest BCUT2D eigenvalue weighted by Gasteiger charge is -2.24. The van der Waals surface area contributed by atoms with Crippen LogP contribution in [0.3, 0.4) is 0 Å². The van der Waals surface area contributed by atoms with Gasteiger partial charge >= 0.3 is 0 Å². The van der Waals surface area contributed by atoms with Crippen LogP contribution in [0.15, 0.2) is 28.1 Å². The van der Waals surface area contributed by atoms with Crippen LogP contribution in [0.1, 0.15) is 22.7 Å². The molecule has 2 aliphatic rings. The number of fused-ring (bicyclic) bond motifs is 2. The minimum Gasteiger partial charge on any atom is -0.454 e. The molecular weight excluding hydrogens is 364 g/mol. The highest BCUT2D eigenvalue weighted by atomic mass is 79.9. The maximum absolute atomic E-state index is 9.56. The molecule has 2 aromatic rings. The summed E-state index contributed by atoms with van der Waals surface area (Å²) >= 11 is 3.55. The van der Waals surface area contributed by atoms with Gasteiger partial charge in [-0.3, -0.25) is 5.10 Å². The molecule has 8 heteroatoms. The Kier molecular flexibility index (Phi) is 2.99. The average molecular weight is 375 g/mol. The number of H-pyrrole nitrogens is 1. The van der Waals surface area contributed by atoms with Crippen LogP contribution in [0, 0.1) is 18.3 Å². The molecular formula is C15H11BrN4O3. The highest BCUT2D eigenvalue weighted by molar-refractivity contribution is 9.10. The minimum absolute atomic E-state index is 0.0565. The fourth-order valence-corrected chi connectivity index (χ4v) is 3.42. The van der Waals surface area contributed by atoms with E-state index in [0.717, 1.165) is 21.3 Å². The van der Waals surface area contributed by atoms with Crippen LogP contribution in [0.2, 0.25) is 0 Å². The molecule has 7 nitrogen and oxygen atoms in total. The first kappa shape index (κ1) is 14.0. The Hall–Kier alpha value is -2.66. The van der Waals surface area contributed by atoms with Gasteiger partial charge in [-0.1, -0.05) is 15.9 Å². The van der Waals surface area contributed by atoms with Crippen molar-refractivity contribution in [1.29, 1.82) is 5.26 Å². The van der Waals surface area contributed by atoms with Gasteiger partial charge in [0.2, 0.25) is 18.6 Å². The van der Waals surface area contributed by atoms with Crippen molar-refractivity contribution >= 4 is 15.9 Å². The zero-order chi connectivity index (χ0) is 16.1. The number of aromatic nitrogens is 2. The van der Waals surface area contributed by atoms with Gasteiger partial charge in [0.15, 0.2) is 11.5 Å². The fourth-order valence-electron chi connectivity index (χ4n) is 2.86. The fraction of sp³-hybridized carbons (Fsp3) is 0.200. The number of ether oxygens (including phenoxy) is 3. The molecule has 0 spiro atoms. The summed E-state index contributed by atoms with van der Waals surface area (Å²) in [7, 11) is 0. The lowest BCUT2D eigenvalue weighted by molar-refractivity contribution is 0.174. The number of halogens is 1. The summed E-state index contributed by atoms with van der Waals surface area (Å²) < 4.78 is 17.1. The number of nitrogens with two attached hydrogens (primary N) is 1. The van der Waals surface area contributed by atoms with Crippen LogP contribution in [0.4, 0.5) is 0 Å². The monoisotopic (exact) mass is 374 g/mol. The van der Waals surface area contributed by atoms with Crippen molar-refractivity contribution in [1.82, 2.24) is 10.2 Å². The number of nitrogens with one attached hydrogen (secondary N) is 1. The van der Waals surface area contributed by atoms with Crippen molar-refractivity contribution in [2.75, 3.05) is 6.79 Å². The van der Waals surface area contributed by atoms with Crippen LogP contribution in [-0.2, 0) is 0 Å². The molecule has 23 heavy (non-hydrogen) atoms. The van der Waals surface area contributed by atoms with Gasteiger partial charge < -0.3 is 19.9 Å². The Balaban J connectivity index is 1.97. The SMILES string of the molecule is Cc1[nH]nc2c1C(c1cc3c(cc1Br)OCO3)C(C#N)=C(N)O2. The summed E-state index contributed by atoms with van der Waals surface area (Å²) in [6.07, 6.45) is 0. The third-order valence-electron chi connectivity index (χ3n) is 3.93. The second-order valence-corrected chi connectivity index (χ2v) is 6.07. The molecule has 0 bridgehead atoms. The Labute approximate surface area is 139 Å². The lowest BCUT2D eigenvalue weighted by Crippen LogP contribution is -2.21. The maximum atomic E-state index is 9.56. The van der Waals surface area contributed by atoms with Crippen molar-refractivity contribution in [2.45, 2.75) is 12.8 Å². The van der Waals surface area contributed by atoms with Crippen molar-refractivity contribution in [3.05, 3.63) is 44.9 Å². The summed E-state index contributed by atoms with van der Waals surface area (Å²) in [6, 6.07) is 5.83. The van der Waals surface area contributed by atoms with Crippen LogP contribution >= 0.6 is 15.9 Å². The van der Waals surface area contributed by atoms with Gasteiger partial charge in [-0.25, -0.2) is 0 Å². The van der Waals surface area contributed by atoms with E-state index in [4.69, 9.17) is 19.9 Å². The summed E-state index contributed by atoms with van der Waals surface area (Å²) in [4.78, 5) is 0. The number of benzene rings is 1. The summed E-state index contributed by atoms with van der Waals surface area (Å²) in [5.74, 6) is 1.33. The molecule has 0 saturated heterocycles. The molecule has 4 rings (SSSR count). The number of aryl methyl sites for hydroxylation is 1. The first-order valence-electron chi connectivity index (χ1n) is 6.81. The Morgan fingerprint density at radius 2 is 2.13 bits per heavy atom. The van der Waals surface area contributed by atoms with E-state index >= 15 is 0 Å². The van der Waals surface area contributed by atoms with Gasteiger partial charge in [-0.05, 0) is 24.6 Å². The standard InChI is InChI=1S/C15H11BrN4O3/c1-6-12-13(8(4-17)14(18)23-15(12)20-19-6)7-2-10-11(3-9(7)16)22-5-21-10/h2-3,13H,5,18H2,1H3,(H,19,20). The van der Waals surface area contributed by atoms with Crippen molar-refractivity contribution in [3.8, 4) is 23.4 Å². The predicted molar refractivity (Wildman–Crippen MR) is 82.9 cm³/mol. The van der Waals surface area contributed by atoms with E-state index in [1.54, 1.807) is 0 Å². The summed E-state index contributed by atoms with van der Waals surface area (Å²) in [5, 5.41) is 16.6. The topological polar surface area (TPSA) is 106 Å². The maximum Gasteiger partial charge on any atom is 0.244 e. The van der Waals surface area contributed by atoms with Gasteiger partial charge in [0, 0.05) is 15.7 Å².